The lowest BCUT2D eigenvalue weighted by Gasteiger charge is -2.08. The second-order valence-corrected chi connectivity index (χ2v) is 3.50. The highest BCUT2D eigenvalue weighted by Gasteiger charge is 2.08. The molecule has 0 aliphatic rings. The highest BCUT2D eigenvalue weighted by Crippen LogP contribution is 2.20. The molecule has 0 bridgehead atoms. The monoisotopic (exact) mass is 176 g/mol. The number of tetrazole rings is 1. The zero-order valence-electron chi connectivity index (χ0n) is 8.02. The predicted molar refractivity (Wildman–Crippen MR) is 49.6 cm³/mol. The van der Waals surface area contributed by atoms with E-state index in [1.165, 1.54) is 11.1 Å². The number of rotatable bonds is 1. The maximum Gasteiger partial charge on any atom is 0.182 e. The van der Waals surface area contributed by atoms with Gasteiger partial charge in [-0.15, -0.1) is 5.10 Å². The summed E-state index contributed by atoms with van der Waals surface area (Å²) in [6.45, 7) is 6.40. The van der Waals surface area contributed by atoms with Crippen LogP contribution in [0.4, 0.5) is 0 Å². The van der Waals surface area contributed by atoms with Gasteiger partial charge < -0.3 is 0 Å². The molecule has 2 aromatic heterocycles. The average molecular weight is 176 g/mol. The smallest absolute Gasteiger partial charge is 0.182 e. The normalized spacial score (nSPS) is 11.4. The van der Waals surface area contributed by atoms with Crippen LogP contribution in [0.1, 0.15) is 30.9 Å². The van der Waals surface area contributed by atoms with Crippen LogP contribution in [0.5, 0.6) is 0 Å². The summed E-state index contributed by atoms with van der Waals surface area (Å²) in [7, 11) is 0. The Hall–Kier alpha value is -1.45. The molecule has 0 saturated carbocycles. The SMILES string of the molecule is Cc1c(C(C)C)ccn2nnnc12. The van der Waals surface area contributed by atoms with E-state index < -0.39 is 0 Å². The number of nitrogens with zero attached hydrogens (tertiary/aromatic N) is 4. The molecule has 0 aliphatic carbocycles. The number of pyridine rings is 1. The Kier molecular flexibility index (Phi) is 1.76. The Bertz CT molecular complexity index is 430. The molecular formula is C9H12N4. The third kappa shape index (κ3) is 1.18. The lowest BCUT2D eigenvalue weighted by Crippen LogP contribution is -1.97. The topological polar surface area (TPSA) is 43.1 Å². The van der Waals surface area contributed by atoms with E-state index in [9.17, 15) is 0 Å². The largest absolute Gasteiger partial charge is 0.200 e. The first-order valence-electron chi connectivity index (χ1n) is 4.37. The van der Waals surface area contributed by atoms with Gasteiger partial charge in [0.2, 0.25) is 0 Å². The molecule has 0 N–H and O–H groups in total. The molecule has 0 aliphatic heterocycles. The molecule has 4 nitrogen and oxygen atoms in total. The van der Waals surface area contributed by atoms with Crippen molar-refractivity contribution in [2.45, 2.75) is 26.7 Å². The quantitative estimate of drug-likeness (QED) is 0.662. The van der Waals surface area contributed by atoms with Crippen LogP contribution in [0.3, 0.4) is 0 Å². The molecule has 4 heteroatoms. The van der Waals surface area contributed by atoms with Crippen LogP contribution in [0.25, 0.3) is 5.65 Å². The van der Waals surface area contributed by atoms with Crippen molar-refractivity contribution in [1.82, 2.24) is 20.0 Å². The van der Waals surface area contributed by atoms with Gasteiger partial charge >= 0.3 is 0 Å². The summed E-state index contributed by atoms with van der Waals surface area (Å²) in [5.74, 6) is 0.515. The highest BCUT2D eigenvalue weighted by atomic mass is 15.5. The lowest BCUT2D eigenvalue weighted by atomic mass is 10.00. The molecule has 2 aromatic rings. The highest BCUT2D eigenvalue weighted by molar-refractivity contribution is 5.49. The zero-order valence-corrected chi connectivity index (χ0v) is 8.02. The second-order valence-electron chi connectivity index (χ2n) is 3.50. The Morgan fingerprint density at radius 2 is 2.15 bits per heavy atom. The van der Waals surface area contributed by atoms with E-state index >= 15 is 0 Å². The first-order chi connectivity index (χ1) is 6.20. The fourth-order valence-electron chi connectivity index (χ4n) is 1.57. The summed E-state index contributed by atoms with van der Waals surface area (Å²) in [5.41, 5.74) is 3.33. The minimum Gasteiger partial charge on any atom is -0.200 e. The minimum atomic E-state index is 0.515. The van der Waals surface area contributed by atoms with Crippen molar-refractivity contribution in [1.29, 1.82) is 0 Å². The molecule has 0 spiro atoms. The first-order valence-corrected chi connectivity index (χ1v) is 4.37. The Morgan fingerprint density at radius 1 is 1.38 bits per heavy atom. The van der Waals surface area contributed by atoms with Crippen molar-refractivity contribution in [2.24, 2.45) is 0 Å². The van der Waals surface area contributed by atoms with Gasteiger partial charge in [0.05, 0.1) is 0 Å². The number of fused-ring (bicyclic) bond motifs is 1. The summed E-state index contributed by atoms with van der Waals surface area (Å²) in [6, 6.07) is 2.07. The van der Waals surface area contributed by atoms with Crippen LogP contribution in [-0.2, 0) is 0 Å². The van der Waals surface area contributed by atoms with Crippen LogP contribution in [0.15, 0.2) is 12.3 Å². The van der Waals surface area contributed by atoms with Crippen molar-refractivity contribution in [3.05, 3.63) is 23.4 Å². The number of hydrogen-bond acceptors (Lipinski definition) is 3. The van der Waals surface area contributed by atoms with Crippen molar-refractivity contribution in [3.8, 4) is 0 Å². The van der Waals surface area contributed by atoms with Gasteiger partial charge in [0, 0.05) is 6.20 Å². The standard InChI is InChI=1S/C9H12N4/c1-6(2)8-4-5-13-9(7(8)3)10-11-12-13/h4-6H,1-3H3. The van der Waals surface area contributed by atoms with Gasteiger partial charge in [-0.3, -0.25) is 0 Å². The van der Waals surface area contributed by atoms with E-state index in [4.69, 9.17) is 0 Å². The molecule has 0 saturated heterocycles. The van der Waals surface area contributed by atoms with Gasteiger partial charge in [-0.05, 0) is 40.5 Å². The molecule has 0 radical (unpaired) electrons. The van der Waals surface area contributed by atoms with Crippen molar-refractivity contribution < 1.29 is 0 Å². The van der Waals surface area contributed by atoms with E-state index in [1.54, 1.807) is 4.52 Å². The van der Waals surface area contributed by atoms with Gasteiger partial charge in [0.25, 0.3) is 0 Å². The van der Waals surface area contributed by atoms with E-state index in [1.807, 2.05) is 6.20 Å². The number of aromatic nitrogens is 4. The molecule has 2 rings (SSSR count). The lowest BCUT2D eigenvalue weighted by molar-refractivity contribution is 0.811. The summed E-state index contributed by atoms with van der Waals surface area (Å²) in [6.07, 6.45) is 1.90. The summed E-state index contributed by atoms with van der Waals surface area (Å²) in [4.78, 5) is 0. The molecule has 0 unspecified atom stereocenters. The third-order valence-corrected chi connectivity index (χ3v) is 2.28. The Balaban J connectivity index is 2.73. The first kappa shape index (κ1) is 8.16. The van der Waals surface area contributed by atoms with Gasteiger partial charge in [0.15, 0.2) is 5.65 Å². The van der Waals surface area contributed by atoms with E-state index in [2.05, 4.69) is 42.4 Å². The predicted octanol–water partition coefficient (Wildman–Crippen LogP) is 1.56. The van der Waals surface area contributed by atoms with Crippen LogP contribution in [0, 0.1) is 6.92 Å². The maximum atomic E-state index is 3.96. The molecule has 2 heterocycles. The fraction of sp³-hybridized carbons (Fsp3) is 0.444. The summed E-state index contributed by atoms with van der Waals surface area (Å²) in [5, 5.41) is 11.4. The number of aryl methyl sites for hydroxylation is 1. The van der Waals surface area contributed by atoms with E-state index in [0.717, 1.165) is 5.65 Å². The van der Waals surface area contributed by atoms with Crippen molar-refractivity contribution in [3.63, 3.8) is 0 Å². The van der Waals surface area contributed by atoms with Crippen LogP contribution in [-0.4, -0.2) is 20.0 Å². The Morgan fingerprint density at radius 3 is 2.85 bits per heavy atom. The van der Waals surface area contributed by atoms with Gasteiger partial charge in [0.1, 0.15) is 0 Å². The van der Waals surface area contributed by atoms with Gasteiger partial charge in [-0.25, -0.2) is 4.52 Å². The number of hydrogen-bond donors (Lipinski definition) is 0. The van der Waals surface area contributed by atoms with Gasteiger partial charge in [-0.2, -0.15) is 0 Å². The average Bonchev–Trinajstić information content (AvgIpc) is 2.52. The molecule has 0 fully saturated rings. The molecular weight excluding hydrogens is 164 g/mol. The van der Waals surface area contributed by atoms with Crippen LogP contribution < -0.4 is 0 Å². The summed E-state index contributed by atoms with van der Waals surface area (Å²) >= 11 is 0. The minimum absolute atomic E-state index is 0.515. The fourth-order valence-corrected chi connectivity index (χ4v) is 1.57. The second kappa shape index (κ2) is 2.80. The zero-order chi connectivity index (χ0) is 9.42. The molecule has 0 atom stereocenters. The molecule has 68 valence electrons. The maximum absolute atomic E-state index is 3.96. The van der Waals surface area contributed by atoms with Crippen LogP contribution in [0.2, 0.25) is 0 Å². The van der Waals surface area contributed by atoms with Crippen molar-refractivity contribution in [2.75, 3.05) is 0 Å². The third-order valence-electron chi connectivity index (χ3n) is 2.28. The van der Waals surface area contributed by atoms with E-state index in [-0.39, 0.29) is 0 Å². The summed E-state index contributed by atoms with van der Waals surface area (Å²) < 4.78 is 1.70. The Labute approximate surface area is 76.6 Å². The molecule has 0 aromatic carbocycles. The van der Waals surface area contributed by atoms with Crippen molar-refractivity contribution >= 4 is 5.65 Å². The molecule has 13 heavy (non-hydrogen) atoms. The van der Waals surface area contributed by atoms with E-state index in [0.29, 0.717) is 5.92 Å². The molecule has 0 amide bonds. The van der Waals surface area contributed by atoms with Gasteiger partial charge in [-0.1, -0.05) is 13.8 Å². The van der Waals surface area contributed by atoms with Crippen LogP contribution >= 0.6 is 0 Å².